The molecule has 0 amide bonds. The van der Waals surface area contributed by atoms with Crippen LogP contribution < -0.4 is 10.6 Å². The maximum atomic E-state index is 13.9. The molecule has 4 nitrogen and oxygen atoms in total. The lowest BCUT2D eigenvalue weighted by Crippen LogP contribution is -2.47. The monoisotopic (exact) mass is 390 g/mol. The molecule has 0 unspecified atom stereocenters. The van der Waals surface area contributed by atoms with Gasteiger partial charge in [-0.15, -0.1) is 0 Å². The summed E-state index contributed by atoms with van der Waals surface area (Å²) in [6, 6.07) is 4.48. The number of nitrogens with two attached hydrogens (primary N) is 1. The second kappa shape index (κ2) is 7.36. The fraction of sp³-hybridized carbons (Fsp3) is 0.500. The van der Waals surface area contributed by atoms with E-state index in [1.807, 2.05) is 6.92 Å². The van der Waals surface area contributed by atoms with Crippen molar-refractivity contribution in [2.45, 2.75) is 55.0 Å². The van der Waals surface area contributed by atoms with Gasteiger partial charge in [-0.25, -0.2) is 18.7 Å². The smallest absolute Gasteiger partial charge is 0.172 e. The van der Waals surface area contributed by atoms with Gasteiger partial charge in [0.1, 0.15) is 10.8 Å². The van der Waals surface area contributed by atoms with Gasteiger partial charge in [0.2, 0.25) is 0 Å². The third kappa shape index (κ3) is 3.55. The first-order chi connectivity index (χ1) is 13.0. The van der Waals surface area contributed by atoms with Crippen molar-refractivity contribution in [3.8, 4) is 0 Å². The van der Waals surface area contributed by atoms with Crippen molar-refractivity contribution in [3.63, 3.8) is 0 Å². The number of benzene rings is 1. The Labute approximate surface area is 162 Å². The average molecular weight is 391 g/mol. The molecule has 0 bridgehead atoms. The van der Waals surface area contributed by atoms with E-state index in [1.54, 1.807) is 12.3 Å². The number of halogens is 2. The summed E-state index contributed by atoms with van der Waals surface area (Å²) < 4.78 is 27.3. The van der Waals surface area contributed by atoms with Crippen LogP contribution in [0.2, 0.25) is 0 Å². The van der Waals surface area contributed by atoms with Crippen LogP contribution in [0.15, 0.2) is 34.3 Å². The van der Waals surface area contributed by atoms with Gasteiger partial charge in [-0.05, 0) is 50.2 Å². The first-order valence-electron chi connectivity index (χ1n) is 9.44. The predicted octanol–water partition coefficient (Wildman–Crippen LogP) is 4.31. The van der Waals surface area contributed by atoms with Crippen molar-refractivity contribution in [3.05, 3.63) is 41.7 Å². The molecule has 1 aromatic carbocycles. The molecule has 0 radical (unpaired) electrons. The van der Waals surface area contributed by atoms with E-state index >= 15 is 0 Å². The summed E-state index contributed by atoms with van der Waals surface area (Å²) >= 11 is 1.10. The highest BCUT2D eigenvalue weighted by Gasteiger charge is 2.43. The molecule has 2 aromatic rings. The van der Waals surface area contributed by atoms with Crippen molar-refractivity contribution in [1.29, 1.82) is 0 Å². The van der Waals surface area contributed by atoms with E-state index in [4.69, 9.17) is 5.73 Å². The summed E-state index contributed by atoms with van der Waals surface area (Å²) in [6.07, 6.45) is 7.55. The molecule has 7 heteroatoms. The van der Waals surface area contributed by atoms with Gasteiger partial charge < -0.3 is 10.6 Å². The summed E-state index contributed by atoms with van der Waals surface area (Å²) in [5.41, 5.74) is 7.39. The zero-order valence-electron chi connectivity index (χ0n) is 15.4. The molecule has 2 N–H and O–H groups in total. The third-order valence-corrected chi connectivity index (χ3v) is 7.20. The molecule has 2 fully saturated rings. The quantitative estimate of drug-likeness (QED) is 0.846. The maximum absolute atomic E-state index is 13.9. The first kappa shape index (κ1) is 18.6. The Balaban J connectivity index is 1.47. The highest BCUT2D eigenvalue weighted by molar-refractivity contribution is 7.99. The van der Waals surface area contributed by atoms with E-state index in [1.165, 1.54) is 18.9 Å². The third-order valence-electron chi connectivity index (χ3n) is 6.07. The molecule has 4 rings (SSSR count). The highest BCUT2D eigenvalue weighted by atomic mass is 32.2. The zero-order valence-corrected chi connectivity index (χ0v) is 16.2. The van der Waals surface area contributed by atoms with Crippen LogP contribution in [0.4, 0.5) is 14.6 Å². The molecule has 1 aliphatic carbocycles. The second-order valence-electron chi connectivity index (χ2n) is 7.62. The number of aromatic nitrogens is 2. The van der Waals surface area contributed by atoms with Crippen molar-refractivity contribution >= 4 is 17.6 Å². The van der Waals surface area contributed by atoms with Crippen LogP contribution in [0.3, 0.4) is 0 Å². The Hall–Kier alpha value is -1.73. The summed E-state index contributed by atoms with van der Waals surface area (Å²) in [5.74, 6) is -0.852. The number of piperidine rings is 1. The molecule has 1 aromatic heterocycles. The molecular weight excluding hydrogens is 366 g/mol. The Bertz CT molecular complexity index is 837. The van der Waals surface area contributed by atoms with Crippen LogP contribution in [0.5, 0.6) is 0 Å². The molecular formula is C20H24F2N4S. The minimum Gasteiger partial charge on any atom is -0.355 e. The molecule has 1 atom stereocenters. The van der Waals surface area contributed by atoms with Gasteiger partial charge in [-0.1, -0.05) is 24.2 Å². The Kier molecular flexibility index (Phi) is 5.07. The molecule has 1 aliphatic heterocycles. The van der Waals surface area contributed by atoms with Gasteiger partial charge in [0, 0.05) is 19.1 Å². The minimum absolute atomic E-state index is 0.218. The highest BCUT2D eigenvalue weighted by Crippen LogP contribution is 2.46. The lowest BCUT2D eigenvalue weighted by Gasteiger charge is -2.42. The minimum atomic E-state index is -0.852. The van der Waals surface area contributed by atoms with E-state index in [9.17, 15) is 8.78 Å². The van der Waals surface area contributed by atoms with Gasteiger partial charge in [0.05, 0.1) is 16.8 Å². The number of hydrogen-bond acceptors (Lipinski definition) is 5. The van der Waals surface area contributed by atoms with Crippen LogP contribution in [0, 0.1) is 24.0 Å². The van der Waals surface area contributed by atoms with Gasteiger partial charge in [0.25, 0.3) is 0 Å². The predicted molar refractivity (Wildman–Crippen MR) is 103 cm³/mol. The summed E-state index contributed by atoms with van der Waals surface area (Å²) in [7, 11) is 0. The van der Waals surface area contributed by atoms with Gasteiger partial charge >= 0.3 is 0 Å². The van der Waals surface area contributed by atoms with Crippen LogP contribution in [0.1, 0.15) is 37.8 Å². The summed E-state index contributed by atoms with van der Waals surface area (Å²) in [6.45, 7) is 3.73. The maximum Gasteiger partial charge on any atom is 0.172 e. The first-order valence-corrected chi connectivity index (χ1v) is 10.3. The van der Waals surface area contributed by atoms with Gasteiger partial charge in [0.15, 0.2) is 11.6 Å². The summed E-state index contributed by atoms with van der Waals surface area (Å²) in [4.78, 5) is 11.6. The van der Waals surface area contributed by atoms with Crippen LogP contribution in [-0.2, 0) is 0 Å². The standard InChI is InChI=1S/C20H24F2N4S/c1-13-19(27-15-5-2-4-14(21)18(15)22)24-12-17(25-13)26-10-8-20(9-11-26)7-3-6-16(20)23/h2,4-5,12,16H,3,6-11,23H2,1H3/t16-/m1/s1. The zero-order chi connectivity index (χ0) is 19.0. The Morgan fingerprint density at radius 1 is 1.22 bits per heavy atom. The fourth-order valence-electron chi connectivity index (χ4n) is 4.35. The van der Waals surface area contributed by atoms with Crippen LogP contribution in [-0.4, -0.2) is 29.1 Å². The van der Waals surface area contributed by atoms with E-state index in [0.717, 1.165) is 61.7 Å². The number of anilines is 1. The van der Waals surface area contributed by atoms with E-state index < -0.39 is 11.6 Å². The van der Waals surface area contributed by atoms with Gasteiger partial charge in [-0.2, -0.15) is 0 Å². The number of nitrogens with zero attached hydrogens (tertiary/aromatic N) is 3. The number of hydrogen-bond donors (Lipinski definition) is 1. The lowest BCUT2D eigenvalue weighted by molar-refractivity contribution is 0.197. The van der Waals surface area contributed by atoms with E-state index in [0.29, 0.717) is 16.5 Å². The van der Waals surface area contributed by atoms with Gasteiger partial charge in [-0.3, -0.25) is 0 Å². The van der Waals surface area contributed by atoms with E-state index in [-0.39, 0.29) is 4.90 Å². The SMILES string of the molecule is Cc1nc(N2CCC3(CCC[C@H]3N)CC2)cnc1Sc1cccc(F)c1F. The lowest BCUT2D eigenvalue weighted by atomic mass is 9.74. The Morgan fingerprint density at radius 3 is 2.67 bits per heavy atom. The topological polar surface area (TPSA) is 55.0 Å². The van der Waals surface area contributed by atoms with Crippen LogP contribution >= 0.6 is 11.8 Å². The normalized spacial score (nSPS) is 21.8. The second-order valence-corrected chi connectivity index (χ2v) is 8.65. The molecule has 1 spiro atoms. The Morgan fingerprint density at radius 2 is 2.00 bits per heavy atom. The van der Waals surface area contributed by atoms with Crippen molar-refractivity contribution in [2.24, 2.45) is 11.1 Å². The molecule has 27 heavy (non-hydrogen) atoms. The molecule has 1 saturated heterocycles. The van der Waals surface area contributed by atoms with E-state index in [2.05, 4.69) is 14.9 Å². The summed E-state index contributed by atoms with van der Waals surface area (Å²) in [5, 5.41) is 0.592. The van der Waals surface area contributed by atoms with Crippen LogP contribution in [0.25, 0.3) is 0 Å². The van der Waals surface area contributed by atoms with Crippen molar-refractivity contribution < 1.29 is 8.78 Å². The largest absolute Gasteiger partial charge is 0.355 e. The number of rotatable bonds is 3. The molecule has 1 saturated carbocycles. The number of aryl methyl sites for hydroxylation is 1. The van der Waals surface area contributed by atoms with Crippen molar-refractivity contribution in [1.82, 2.24) is 9.97 Å². The molecule has 144 valence electrons. The van der Waals surface area contributed by atoms with Crippen molar-refractivity contribution in [2.75, 3.05) is 18.0 Å². The fourth-order valence-corrected chi connectivity index (χ4v) is 5.19. The molecule has 2 aliphatic rings. The molecule has 2 heterocycles. The average Bonchev–Trinajstić information content (AvgIpc) is 3.01.